The number of rotatable bonds is 2. The van der Waals surface area contributed by atoms with E-state index in [9.17, 15) is 28.1 Å². The minimum atomic E-state index is -5.17. The predicted molar refractivity (Wildman–Crippen MR) is 54.2 cm³/mol. The average molecular weight is 274 g/mol. The number of nitro benzene ring substituents is 1. The van der Waals surface area contributed by atoms with E-state index < -0.39 is 39.4 Å². The lowest BCUT2D eigenvalue weighted by Gasteiger charge is -2.12. The van der Waals surface area contributed by atoms with Crippen molar-refractivity contribution in [1.82, 2.24) is 0 Å². The zero-order chi connectivity index (χ0) is 14.8. The molecule has 0 aliphatic heterocycles. The van der Waals surface area contributed by atoms with E-state index in [1.54, 1.807) is 0 Å². The third-order valence-electron chi connectivity index (χ3n) is 2.17. The van der Waals surface area contributed by atoms with Crippen LogP contribution in [0.4, 0.5) is 18.9 Å². The quantitative estimate of drug-likeness (QED) is 0.468. The van der Waals surface area contributed by atoms with Crippen LogP contribution in [0.15, 0.2) is 12.1 Å². The molecule has 0 atom stereocenters. The number of methoxy groups -OCH3 is 1. The molecule has 9 heteroatoms. The van der Waals surface area contributed by atoms with E-state index in [0.29, 0.717) is 6.07 Å². The van der Waals surface area contributed by atoms with Gasteiger partial charge in [-0.25, -0.2) is 4.79 Å². The van der Waals surface area contributed by atoms with E-state index in [0.717, 1.165) is 13.2 Å². The van der Waals surface area contributed by atoms with Gasteiger partial charge in [-0.15, -0.1) is 0 Å². The Morgan fingerprint density at radius 1 is 1.47 bits per heavy atom. The summed E-state index contributed by atoms with van der Waals surface area (Å²) in [6.07, 6.45) is -5.17. The molecule has 100 valence electrons. The number of benzene rings is 1. The number of nitro groups is 1. The van der Waals surface area contributed by atoms with Crippen LogP contribution in [0.5, 0.6) is 0 Å². The van der Waals surface area contributed by atoms with Gasteiger partial charge in [0, 0.05) is 6.07 Å². The number of ether oxygens (including phenoxy) is 1. The maximum absolute atomic E-state index is 12.9. The van der Waals surface area contributed by atoms with Crippen LogP contribution in [0.2, 0.25) is 0 Å². The molecule has 0 heterocycles. The fourth-order valence-electron chi connectivity index (χ4n) is 1.44. The van der Waals surface area contributed by atoms with E-state index in [1.165, 1.54) is 6.07 Å². The average Bonchev–Trinajstić information content (AvgIpc) is 2.34. The molecule has 0 saturated carbocycles. The van der Waals surface area contributed by atoms with Crippen molar-refractivity contribution in [2.45, 2.75) is 6.18 Å². The van der Waals surface area contributed by atoms with Crippen LogP contribution in [0.3, 0.4) is 0 Å². The van der Waals surface area contributed by atoms with Crippen LogP contribution >= 0.6 is 0 Å². The van der Waals surface area contributed by atoms with Gasteiger partial charge in [-0.05, 0) is 6.07 Å². The van der Waals surface area contributed by atoms with Gasteiger partial charge < -0.3 is 4.74 Å². The Labute approximate surface area is 104 Å². The van der Waals surface area contributed by atoms with E-state index in [-0.39, 0.29) is 0 Å². The maximum Gasteiger partial charge on any atom is 0.423 e. The van der Waals surface area contributed by atoms with Crippen molar-refractivity contribution in [2.24, 2.45) is 0 Å². The topological polar surface area (TPSA) is 93.2 Å². The first-order valence-corrected chi connectivity index (χ1v) is 4.61. The van der Waals surface area contributed by atoms with Gasteiger partial charge in [0.2, 0.25) is 0 Å². The van der Waals surface area contributed by atoms with Gasteiger partial charge in [-0.1, -0.05) is 0 Å². The van der Waals surface area contributed by atoms with Crippen LogP contribution in [-0.4, -0.2) is 18.0 Å². The summed E-state index contributed by atoms with van der Waals surface area (Å²) in [4.78, 5) is 20.7. The second-order valence-corrected chi connectivity index (χ2v) is 3.24. The SMILES string of the molecule is COC(=O)c1c(C#N)ccc([N+](=O)[O-])c1C(F)(F)F. The third-order valence-corrected chi connectivity index (χ3v) is 2.17. The molecule has 0 aliphatic carbocycles. The molecule has 0 fully saturated rings. The van der Waals surface area contributed by atoms with Crippen molar-refractivity contribution in [3.8, 4) is 6.07 Å². The third kappa shape index (κ3) is 2.62. The molecule has 1 rings (SSSR count). The Morgan fingerprint density at radius 2 is 2.05 bits per heavy atom. The fourth-order valence-corrected chi connectivity index (χ4v) is 1.44. The van der Waals surface area contributed by atoms with Crippen molar-refractivity contribution >= 4 is 11.7 Å². The van der Waals surface area contributed by atoms with Crippen LogP contribution in [0.1, 0.15) is 21.5 Å². The van der Waals surface area contributed by atoms with Crippen molar-refractivity contribution in [2.75, 3.05) is 7.11 Å². The molecule has 0 amide bonds. The van der Waals surface area contributed by atoms with Crippen molar-refractivity contribution in [3.63, 3.8) is 0 Å². The minimum Gasteiger partial charge on any atom is -0.465 e. The number of nitriles is 1. The van der Waals surface area contributed by atoms with E-state index in [4.69, 9.17) is 5.26 Å². The largest absolute Gasteiger partial charge is 0.465 e. The Hall–Kier alpha value is -2.63. The smallest absolute Gasteiger partial charge is 0.423 e. The predicted octanol–water partition coefficient (Wildman–Crippen LogP) is 2.27. The first-order chi connectivity index (χ1) is 8.73. The highest BCUT2D eigenvalue weighted by atomic mass is 19.4. The molecule has 1 aromatic rings. The maximum atomic E-state index is 12.9. The zero-order valence-electron chi connectivity index (χ0n) is 9.32. The summed E-state index contributed by atoms with van der Waals surface area (Å²) in [6, 6.07) is 2.65. The second-order valence-electron chi connectivity index (χ2n) is 3.24. The highest BCUT2D eigenvalue weighted by Gasteiger charge is 2.44. The normalized spacial score (nSPS) is 10.7. The second kappa shape index (κ2) is 4.93. The number of carbonyl (C=O) groups is 1. The lowest BCUT2D eigenvalue weighted by atomic mass is 9.99. The van der Waals surface area contributed by atoms with Gasteiger partial charge in [0.1, 0.15) is 11.6 Å². The van der Waals surface area contributed by atoms with Gasteiger partial charge in [-0.2, -0.15) is 18.4 Å². The lowest BCUT2D eigenvalue weighted by Crippen LogP contribution is -2.18. The summed E-state index contributed by atoms with van der Waals surface area (Å²) in [5.74, 6) is -1.47. The van der Waals surface area contributed by atoms with Crippen LogP contribution in [0.25, 0.3) is 0 Å². The highest BCUT2D eigenvalue weighted by Crippen LogP contribution is 2.40. The molecular formula is C10H5F3N2O4. The molecular weight excluding hydrogens is 269 g/mol. The van der Waals surface area contributed by atoms with E-state index >= 15 is 0 Å². The van der Waals surface area contributed by atoms with Gasteiger partial charge >= 0.3 is 12.1 Å². The first-order valence-electron chi connectivity index (χ1n) is 4.61. The van der Waals surface area contributed by atoms with Crippen molar-refractivity contribution in [1.29, 1.82) is 5.26 Å². The molecule has 0 radical (unpaired) electrons. The number of halogens is 3. The molecule has 0 N–H and O–H groups in total. The molecule has 0 aromatic heterocycles. The van der Waals surface area contributed by atoms with Crippen molar-refractivity contribution in [3.05, 3.63) is 38.9 Å². The summed E-state index contributed by atoms with van der Waals surface area (Å²) >= 11 is 0. The highest BCUT2D eigenvalue weighted by molar-refractivity contribution is 5.95. The van der Waals surface area contributed by atoms with Gasteiger partial charge in [0.25, 0.3) is 5.69 Å². The Kier molecular flexibility index (Phi) is 3.75. The Balaban J connectivity index is 3.83. The van der Waals surface area contributed by atoms with Crippen LogP contribution in [-0.2, 0) is 10.9 Å². The minimum absolute atomic E-state index is 0.522. The molecule has 0 aliphatic rings. The van der Waals surface area contributed by atoms with E-state index in [1.807, 2.05) is 0 Å². The summed E-state index contributed by atoms with van der Waals surface area (Å²) in [5.41, 5.74) is -4.91. The summed E-state index contributed by atoms with van der Waals surface area (Å²) in [7, 11) is 0.808. The van der Waals surface area contributed by atoms with Crippen molar-refractivity contribution < 1.29 is 27.6 Å². The molecule has 0 bridgehead atoms. The van der Waals surface area contributed by atoms with Crippen LogP contribution in [0, 0.1) is 21.4 Å². The molecule has 0 unspecified atom stereocenters. The lowest BCUT2D eigenvalue weighted by molar-refractivity contribution is -0.388. The molecule has 19 heavy (non-hydrogen) atoms. The Bertz CT molecular complexity index is 590. The molecule has 1 aromatic carbocycles. The van der Waals surface area contributed by atoms with Gasteiger partial charge in [0.15, 0.2) is 0 Å². The standard InChI is InChI=1S/C10H5F3N2O4/c1-19-9(16)7-5(4-14)2-3-6(15(17)18)8(7)10(11,12)13/h2-3H,1H3. The zero-order valence-corrected chi connectivity index (χ0v) is 9.32. The van der Waals surface area contributed by atoms with Gasteiger partial charge in [0.05, 0.1) is 23.2 Å². The van der Waals surface area contributed by atoms with E-state index in [2.05, 4.69) is 4.74 Å². The summed E-state index contributed by atoms with van der Waals surface area (Å²) in [5, 5.41) is 19.3. The summed E-state index contributed by atoms with van der Waals surface area (Å²) < 4.78 is 42.7. The Morgan fingerprint density at radius 3 is 2.42 bits per heavy atom. The molecule has 0 saturated heterocycles. The number of hydrogen-bond acceptors (Lipinski definition) is 5. The summed E-state index contributed by atoms with van der Waals surface area (Å²) in [6.45, 7) is 0. The number of carbonyl (C=O) groups excluding carboxylic acids is 1. The number of esters is 1. The van der Waals surface area contributed by atoms with Gasteiger partial charge in [-0.3, -0.25) is 10.1 Å². The number of alkyl halides is 3. The number of hydrogen-bond donors (Lipinski definition) is 0. The number of nitrogens with zero attached hydrogens (tertiary/aromatic N) is 2. The van der Waals surface area contributed by atoms with Crippen LogP contribution < -0.4 is 0 Å². The fraction of sp³-hybridized carbons (Fsp3) is 0.200. The molecule has 6 nitrogen and oxygen atoms in total. The first kappa shape index (κ1) is 14.4. The monoisotopic (exact) mass is 274 g/mol. The molecule has 0 spiro atoms.